The summed E-state index contributed by atoms with van der Waals surface area (Å²) in [6.07, 6.45) is 0.592. The van der Waals surface area contributed by atoms with Crippen LogP contribution >= 0.6 is 11.6 Å². The van der Waals surface area contributed by atoms with E-state index in [0.717, 1.165) is 11.6 Å². The predicted molar refractivity (Wildman–Crippen MR) is 77.6 cm³/mol. The second-order valence-electron chi connectivity index (χ2n) is 4.30. The van der Waals surface area contributed by atoms with E-state index in [1.165, 1.54) is 6.07 Å². The molecule has 0 aliphatic carbocycles. The van der Waals surface area contributed by atoms with Crippen molar-refractivity contribution in [2.45, 2.75) is 11.5 Å². The maximum Gasteiger partial charge on any atom is 0.287 e. The van der Waals surface area contributed by atoms with Crippen LogP contribution in [0.15, 0.2) is 45.9 Å². The van der Waals surface area contributed by atoms with Gasteiger partial charge in [0.15, 0.2) is 5.76 Å². The lowest BCUT2D eigenvalue weighted by Gasteiger charge is -2.04. The third-order valence-corrected chi connectivity index (χ3v) is 3.69. The van der Waals surface area contributed by atoms with Crippen LogP contribution in [0, 0.1) is 0 Å². The van der Waals surface area contributed by atoms with E-state index in [0.29, 0.717) is 18.0 Å². The van der Waals surface area contributed by atoms with Gasteiger partial charge in [0.2, 0.25) is 5.09 Å². The summed E-state index contributed by atoms with van der Waals surface area (Å²) in [5.74, 6) is -0.614. The van der Waals surface area contributed by atoms with E-state index in [1.807, 2.05) is 12.1 Å². The molecule has 0 fully saturated rings. The zero-order valence-corrected chi connectivity index (χ0v) is 12.4. The fourth-order valence-corrected chi connectivity index (χ4v) is 2.37. The van der Waals surface area contributed by atoms with Crippen LogP contribution in [-0.2, 0) is 16.4 Å². The molecule has 0 unspecified atom stereocenters. The van der Waals surface area contributed by atoms with Gasteiger partial charge in [-0.3, -0.25) is 4.79 Å². The Hall–Kier alpha value is -1.83. The van der Waals surface area contributed by atoms with Crippen molar-refractivity contribution in [3.05, 3.63) is 52.7 Å². The van der Waals surface area contributed by atoms with Gasteiger partial charge in [-0.25, -0.2) is 13.6 Å². The summed E-state index contributed by atoms with van der Waals surface area (Å²) in [7, 11) is -3.95. The lowest BCUT2D eigenvalue weighted by molar-refractivity contribution is 0.0921. The standard InChI is InChI=1S/C13H13ClN2O4S/c14-10-3-1-2-9(8-10)6-7-16-13(17)11-4-5-12(20-11)21(15,18)19/h1-5,8H,6-7H2,(H,16,17)(H2,15,18,19). The van der Waals surface area contributed by atoms with Crippen LogP contribution in [0.4, 0.5) is 0 Å². The smallest absolute Gasteiger partial charge is 0.287 e. The molecule has 0 aliphatic heterocycles. The van der Waals surface area contributed by atoms with E-state index in [1.54, 1.807) is 12.1 Å². The molecule has 1 aromatic carbocycles. The normalized spacial score (nSPS) is 11.3. The van der Waals surface area contributed by atoms with Crippen molar-refractivity contribution in [3.8, 4) is 0 Å². The number of carbonyl (C=O) groups is 1. The number of halogens is 1. The molecule has 0 saturated heterocycles. The van der Waals surface area contributed by atoms with Gasteiger partial charge < -0.3 is 9.73 Å². The van der Waals surface area contributed by atoms with E-state index in [-0.39, 0.29) is 5.76 Å². The van der Waals surface area contributed by atoms with Crippen LogP contribution in [0.5, 0.6) is 0 Å². The molecule has 112 valence electrons. The van der Waals surface area contributed by atoms with Gasteiger partial charge in [-0.1, -0.05) is 23.7 Å². The Kier molecular flexibility index (Phi) is 4.66. The first-order valence-electron chi connectivity index (χ1n) is 6.01. The summed E-state index contributed by atoms with van der Waals surface area (Å²) in [6, 6.07) is 9.69. The summed E-state index contributed by atoms with van der Waals surface area (Å²) in [4.78, 5) is 11.8. The number of nitrogens with two attached hydrogens (primary N) is 1. The second-order valence-corrected chi connectivity index (χ2v) is 6.23. The van der Waals surface area contributed by atoms with Crippen molar-refractivity contribution in [3.63, 3.8) is 0 Å². The fraction of sp³-hybridized carbons (Fsp3) is 0.154. The minimum atomic E-state index is -3.95. The third kappa shape index (κ3) is 4.32. The van der Waals surface area contributed by atoms with Crippen molar-refractivity contribution >= 4 is 27.5 Å². The number of hydrogen-bond donors (Lipinski definition) is 2. The van der Waals surface area contributed by atoms with E-state index >= 15 is 0 Å². The molecule has 0 aliphatic rings. The minimum absolute atomic E-state index is 0.106. The van der Waals surface area contributed by atoms with Crippen LogP contribution in [0.2, 0.25) is 5.02 Å². The number of primary sulfonamides is 1. The van der Waals surface area contributed by atoms with Gasteiger partial charge in [0, 0.05) is 11.6 Å². The first-order chi connectivity index (χ1) is 9.86. The third-order valence-electron chi connectivity index (χ3n) is 2.67. The van der Waals surface area contributed by atoms with E-state index in [4.69, 9.17) is 21.2 Å². The Morgan fingerprint density at radius 1 is 1.29 bits per heavy atom. The minimum Gasteiger partial charge on any atom is -0.438 e. The monoisotopic (exact) mass is 328 g/mol. The largest absolute Gasteiger partial charge is 0.438 e. The number of furan rings is 1. The zero-order chi connectivity index (χ0) is 15.5. The Morgan fingerprint density at radius 3 is 2.67 bits per heavy atom. The second kappa shape index (κ2) is 6.30. The van der Waals surface area contributed by atoms with Gasteiger partial charge in [0.1, 0.15) is 0 Å². The molecule has 2 rings (SSSR count). The quantitative estimate of drug-likeness (QED) is 0.869. The summed E-state index contributed by atoms with van der Waals surface area (Å²) < 4.78 is 27.0. The van der Waals surface area contributed by atoms with Gasteiger partial charge in [0.25, 0.3) is 15.9 Å². The Bertz CT molecular complexity index is 755. The average molecular weight is 329 g/mol. The highest BCUT2D eigenvalue weighted by atomic mass is 35.5. The summed E-state index contributed by atoms with van der Waals surface area (Å²) in [5.41, 5.74) is 0.979. The van der Waals surface area contributed by atoms with E-state index in [9.17, 15) is 13.2 Å². The molecular weight excluding hydrogens is 316 g/mol. The van der Waals surface area contributed by atoms with Gasteiger partial charge in [-0.15, -0.1) is 0 Å². The molecule has 8 heteroatoms. The molecule has 6 nitrogen and oxygen atoms in total. The molecule has 21 heavy (non-hydrogen) atoms. The molecule has 2 aromatic rings. The molecule has 0 radical (unpaired) electrons. The number of benzene rings is 1. The Balaban J connectivity index is 1.92. The first kappa shape index (κ1) is 15.6. The van der Waals surface area contributed by atoms with Gasteiger partial charge in [-0.05, 0) is 36.2 Å². The molecule has 0 spiro atoms. The van der Waals surface area contributed by atoms with Gasteiger partial charge in [-0.2, -0.15) is 0 Å². The van der Waals surface area contributed by atoms with Crippen LogP contribution in [0.1, 0.15) is 16.1 Å². The molecular formula is C13H13ClN2O4S. The first-order valence-corrected chi connectivity index (χ1v) is 7.94. The van der Waals surface area contributed by atoms with Gasteiger partial charge >= 0.3 is 0 Å². The Morgan fingerprint density at radius 2 is 2.05 bits per heavy atom. The molecule has 1 aromatic heterocycles. The van der Waals surface area contributed by atoms with Crippen LogP contribution in [-0.4, -0.2) is 20.9 Å². The van der Waals surface area contributed by atoms with Crippen LogP contribution in [0.25, 0.3) is 0 Å². The number of sulfonamides is 1. The predicted octanol–water partition coefficient (Wildman–Crippen LogP) is 1.55. The number of hydrogen-bond acceptors (Lipinski definition) is 4. The Labute approximate surface area is 126 Å². The van der Waals surface area contributed by atoms with Gasteiger partial charge in [0.05, 0.1) is 0 Å². The number of nitrogens with one attached hydrogen (secondary N) is 1. The summed E-state index contributed by atoms with van der Waals surface area (Å²) in [5, 5.41) is 7.70. The topological polar surface area (TPSA) is 102 Å². The number of rotatable bonds is 5. The lowest BCUT2D eigenvalue weighted by Crippen LogP contribution is -2.25. The van der Waals surface area contributed by atoms with Crippen molar-refractivity contribution in [1.29, 1.82) is 0 Å². The molecule has 3 N–H and O–H groups in total. The lowest BCUT2D eigenvalue weighted by atomic mass is 10.1. The van der Waals surface area contributed by atoms with Crippen molar-refractivity contribution in [2.24, 2.45) is 5.14 Å². The van der Waals surface area contributed by atoms with E-state index < -0.39 is 21.0 Å². The number of carbonyl (C=O) groups excluding carboxylic acids is 1. The molecule has 0 saturated carbocycles. The maximum absolute atomic E-state index is 11.8. The molecule has 1 heterocycles. The van der Waals surface area contributed by atoms with E-state index in [2.05, 4.69) is 5.32 Å². The summed E-state index contributed by atoms with van der Waals surface area (Å²) >= 11 is 5.86. The highest BCUT2D eigenvalue weighted by Gasteiger charge is 2.17. The molecule has 1 amide bonds. The summed E-state index contributed by atoms with van der Waals surface area (Å²) in [6.45, 7) is 0.366. The number of amides is 1. The highest BCUT2D eigenvalue weighted by molar-refractivity contribution is 7.89. The maximum atomic E-state index is 11.8. The SMILES string of the molecule is NS(=O)(=O)c1ccc(C(=O)NCCc2cccc(Cl)c2)o1. The molecule has 0 bridgehead atoms. The van der Waals surface area contributed by atoms with Crippen molar-refractivity contribution in [1.82, 2.24) is 5.32 Å². The highest BCUT2D eigenvalue weighted by Crippen LogP contribution is 2.13. The van der Waals surface area contributed by atoms with Crippen molar-refractivity contribution < 1.29 is 17.6 Å². The van der Waals surface area contributed by atoms with Crippen LogP contribution < -0.4 is 10.5 Å². The van der Waals surface area contributed by atoms with Crippen LogP contribution in [0.3, 0.4) is 0 Å². The van der Waals surface area contributed by atoms with Crippen molar-refractivity contribution in [2.75, 3.05) is 6.54 Å². The zero-order valence-electron chi connectivity index (χ0n) is 10.9. The average Bonchev–Trinajstić information content (AvgIpc) is 2.88. The molecule has 0 atom stereocenters. The fourth-order valence-electron chi connectivity index (χ4n) is 1.70.